The summed E-state index contributed by atoms with van der Waals surface area (Å²) < 4.78 is 12.4. The molecule has 0 fully saturated rings. The first-order valence-electron chi connectivity index (χ1n) is 11.3. The Kier molecular flexibility index (Phi) is 25.8. The molecule has 0 amide bonds. The molecule has 0 atom stereocenters. The molecule has 0 saturated heterocycles. The zero-order valence-corrected chi connectivity index (χ0v) is 19.6. The van der Waals surface area contributed by atoms with Gasteiger partial charge in [-0.2, -0.15) is 0 Å². The van der Waals surface area contributed by atoms with Gasteiger partial charge < -0.3 is 9.47 Å². The number of hydrogen-bond donors (Lipinski definition) is 0. The number of halogens is 1. The highest BCUT2D eigenvalue weighted by Gasteiger charge is 1.93. The van der Waals surface area contributed by atoms with Crippen molar-refractivity contribution in [2.75, 3.05) is 24.4 Å². The molecule has 0 bridgehead atoms. The third-order valence-electron chi connectivity index (χ3n) is 4.66. The van der Waals surface area contributed by atoms with Crippen molar-refractivity contribution in [2.24, 2.45) is 0 Å². The van der Waals surface area contributed by atoms with Crippen molar-refractivity contribution >= 4 is 22.6 Å². The van der Waals surface area contributed by atoms with Crippen LogP contribution in [0.4, 0.5) is 0 Å². The Morgan fingerprint density at radius 2 is 1.12 bits per heavy atom. The van der Waals surface area contributed by atoms with Crippen LogP contribution < -0.4 is 0 Å². The molecule has 0 radical (unpaired) electrons. The zero-order chi connectivity index (χ0) is 19.0. The summed E-state index contributed by atoms with van der Waals surface area (Å²) in [4.78, 5) is 0. The molecule has 26 heavy (non-hydrogen) atoms. The van der Waals surface area contributed by atoms with Crippen LogP contribution >= 0.6 is 22.6 Å². The van der Waals surface area contributed by atoms with E-state index >= 15 is 0 Å². The van der Waals surface area contributed by atoms with Crippen LogP contribution in [0.25, 0.3) is 0 Å². The average Bonchev–Trinajstić information content (AvgIpc) is 2.66. The maximum Gasteiger partial charge on any atom is 0.146 e. The molecule has 0 aliphatic rings. The van der Waals surface area contributed by atoms with Gasteiger partial charge in [0.05, 0.1) is 6.61 Å². The van der Waals surface area contributed by atoms with Crippen LogP contribution in [0.1, 0.15) is 110 Å². The van der Waals surface area contributed by atoms with Gasteiger partial charge in [-0.3, -0.25) is 0 Å². The van der Waals surface area contributed by atoms with Gasteiger partial charge in [0.25, 0.3) is 0 Å². The highest BCUT2D eigenvalue weighted by atomic mass is 127. The normalized spacial score (nSPS) is 11.6. The second-order valence-electron chi connectivity index (χ2n) is 7.27. The van der Waals surface area contributed by atoms with Crippen LogP contribution in [-0.4, -0.2) is 24.4 Å². The van der Waals surface area contributed by atoms with Crippen molar-refractivity contribution in [2.45, 2.75) is 110 Å². The molecule has 0 N–H and O–H groups in total. The summed E-state index contributed by atoms with van der Waals surface area (Å²) in [6, 6.07) is 0. The van der Waals surface area contributed by atoms with Gasteiger partial charge in [0, 0.05) is 6.61 Å². The van der Waals surface area contributed by atoms with Gasteiger partial charge in [-0.1, -0.05) is 112 Å². The fourth-order valence-electron chi connectivity index (χ4n) is 2.97. The Morgan fingerprint density at radius 3 is 1.81 bits per heavy atom. The second-order valence-corrected chi connectivity index (χ2v) is 8.35. The number of alkyl halides is 1. The highest BCUT2D eigenvalue weighted by Crippen LogP contribution is 2.09. The van der Waals surface area contributed by atoms with Crippen LogP contribution in [0.5, 0.6) is 0 Å². The lowest BCUT2D eigenvalue weighted by Gasteiger charge is -2.05. The molecule has 0 aromatic carbocycles. The van der Waals surface area contributed by atoms with E-state index in [-0.39, 0.29) is 0 Å². The first kappa shape index (κ1) is 26.4. The van der Waals surface area contributed by atoms with E-state index in [1.54, 1.807) is 0 Å². The van der Waals surface area contributed by atoms with Crippen LogP contribution in [0.15, 0.2) is 12.2 Å². The largest absolute Gasteiger partial charge is 0.355 e. The lowest BCUT2D eigenvalue weighted by atomic mass is 10.1. The van der Waals surface area contributed by atoms with Gasteiger partial charge in [-0.15, -0.1) is 0 Å². The van der Waals surface area contributed by atoms with Crippen LogP contribution in [0, 0.1) is 0 Å². The molecule has 0 rings (SSSR count). The van der Waals surface area contributed by atoms with E-state index in [9.17, 15) is 0 Å². The second kappa shape index (κ2) is 25.4. The fraction of sp³-hybridized carbons (Fsp3) is 0.913. The highest BCUT2D eigenvalue weighted by molar-refractivity contribution is 14.1. The summed E-state index contributed by atoms with van der Waals surface area (Å²) in [5, 5.41) is 0. The van der Waals surface area contributed by atoms with E-state index in [1.807, 2.05) is 0 Å². The molecule has 0 saturated carbocycles. The Bertz CT molecular complexity index is 269. The molecule has 0 aliphatic heterocycles. The van der Waals surface area contributed by atoms with Crippen molar-refractivity contribution in [1.82, 2.24) is 0 Å². The number of rotatable bonds is 22. The Morgan fingerprint density at radius 1 is 0.577 bits per heavy atom. The van der Waals surface area contributed by atoms with Crippen molar-refractivity contribution in [3.05, 3.63) is 12.2 Å². The van der Waals surface area contributed by atoms with Crippen LogP contribution in [0.3, 0.4) is 0 Å². The van der Waals surface area contributed by atoms with Crippen molar-refractivity contribution in [3.8, 4) is 0 Å². The minimum absolute atomic E-state index is 0.460. The standard InChI is InChI=1S/C23H45IO2/c1-2-3-4-5-6-12-15-18-21-25-23-26-22-19-16-13-10-8-7-9-11-14-17-20-24/h13,16H,2-12,14-15,17-23H2,1H3. The first-order chi connectivity index (χ1) is 12.9. The van der Waals surface area contributed by atoms with Crippen molar-refractivity contribution in [1.29, 1.82) is 0 Å². The van der Waals surface area contributed by atoms with Crippen LogP contribution in [0.2, 0.25) is 0 Å². The molecule has 0 aromatic rings. The quantitative estimate of drug-likeness (QED) is 0.0511. The summed E-state index contributed by atoms with van der Waals surface area (Å²) >= 11 is 2.47. The predicted octanol–water partition coefficient (Wildman–Crippen LogP) is 8.23. The Hall–Kier alpha value is 0.390. The lowest BCUT2D eigenvalue weighted by molar-refractivity contribution is -0.0531. The van der Waals surface area contributed by atoms with Gasteiger partial charge in [0.2, 0.25) is 0 Å². The lowest BCUT2D eigenvalue weighted by Crippen LogP contribution is -2.02. The topological polar surface area (TPSA) is 18.5 Å². The van der Waals surface area contributed by atoms with Crippen molar-refractivity contribution < 1.29 is 9.47 Å². The van der Waals surface area contributed by atoms with E-state index in [1.165, 1.54) is 101 Å². The van der Waals surface area contributed by atoms with E-state index in [2.05, 4.69) is 41.7 Å². The van der Waals surface area contributed by atoms with Gasteiger partial charge >= 0.3 is 0 Å². The molecule has 3 heteroatoms. The summed E-state index contributed by atoms with van der Waals surface area (Å²) in [5.74, 6) is 0. The van der Waals surface area contributed by atoms with Crippen molar-refractivity contribution in [3.63, 3.8) is 0 Å². The zero-order valence-electron chi connectivity index (χ0n) is 17.5. The summed E-state index contributed by atoms with van der Waals surface area (Å²) in [6.07, 6.45) is 25.9. The third kappa shape index (κ3) is 24.4. The minimum Gasteiger partial charge on any atom is -0.355 e. The van der Waals surface area contributed by atoms with E-state index in [0.29, 0.717) is 6.79 Å². The number of unbranched alkanes of at least 4 members (excludes halogenated alkanes) is 13. The van der Waals surface area contributed by atoms with Gasteiger partial charge in [0.1, 0.15) is 6.79 Å². The minimum atomic E-state index is 0.460. The number of ether oxygens (including phenoxy) is 2. The molecule has 0 aliphatic carbocycles. The summed E-state index contributed by atoms with van der Waals surface area (Å²) in [5.41, 5.74) is 0. The monoisotopic (exact) mass is 480 g/mol. The van der Waals surface area contributed by atoms with Gasteiger partial charge in [0.15, 0.2) is 0 Å². The SMILES string of the molecule is CCCCCCCCCCOCOCCC=CCCCCCCCCI. The number of allylic oxidation sites excluding steroid dienone is 1. The molecule has 0 heterocycles. The first-order valence-corrected chi connectivity index (χ1v) is 12.8. The summed E-state index contributed by atoms with van der Waals surface area (Å²) in [7, 11) is 0. The van der Waals surface area contributed by atoms with Gasteiger partial charge in [-0.25, -0.2) is 0 Å². The van der Waals surface area contributed by atoms with E-state index in [4.69, 9.17) is 9.47 Å². The molecule has 156 valence electrons. The Labute approximate surface area is 178 Å². The average molecular weight is 481 g/mol. The molecule has 0 aromatic heterocycles. The Balaban J connectivity index is 3.04. The molecular formula is C23H45IO2. The molecular weight excluding hydrogens is 435 g/mol. The molecule has 2 nitrogen and oxygen atoms in total. The van der Waals surface area contributed by atoms with E-state index in [0.717, 1.165) is 19.6 Å². The predicted molar refractivity (Wildman–Crippen MR) is 124 cm³/mol. The summed E-state index contributed by atoms with van der Waals surface area (Å²) in [6.45, 7) is 4.36. The van der Waals surface area contributed by atoms with Gasteiger partial charge in [-0.05, 0) is 36.5 Å². The maximum absolute atomic E-state index is 5.53. The van der Waals surface area contributed by atoms with E-state index < -0.39 is 0 Å². The smallest absolute Gasteiger partial charge is 0.146 e. The maximum atomic E-state index is 5.53. The molecule has 0 spiro atoms. The fourth-order valence-corrected chi connectivity index (χ4v) is 3.51. The third-order valence-corrected chi connectivity index (χ3v) is 5.42. The molecule has 0 unspecified atom stereocenters. The van der Waals surface area contributed by atoms with Crippen LogP contribution in [-0.2, 0) is 9.47 Å². The number of hydrogen-bond acceptors (Lipinski definition) is 2.